The summed E-state index contributed by atoms with van der Waals surface area (Å²) in [5.74, 6) is -0.477. The van der Waals surface area contributed by atoms with E-state index in [9.17, 15) is 4.79 Å². The molecule has 0 aromatic heterocycles. The summed E-state index contributed by atoms with van der Waals surface area (Å²) < 4.78 is 5.28. The number of hydrogen-bond donors (Lipinski definition) is 0. The molecule has 19 heavy (non-hydrogen) atoms. The third kappa shape index (κ3) is 4.29. The lowest BCUT2D eigenvalue weighted by atomic mass is 10.0. The molecule has 1 aromatic rings. The van der Waals surface area contributed by atoms with Crippen LogP contribution in [0.15, 0.2) is 29.8 Å². The molecule has 96 valence electrons. The molecular formula is C15H14N2O2. The van der Waals surface area contributed by atoms with Crippen LogP contribution in [0.2, 0.25) is 0 Å². The fourth-order valence-electron chi connectivity index (χ4n) is 1.39. The minimum Gasteiger partial charge on any atom is -0.456 e. The summed E-state index contributed by atoms with van der Waals surface area (Å²) in [7, 11) is 0. The van der Waals surface area contributed by atoms with Crippen molar-refractivity contribution in [1.29, 1.82) is 10.5 Å². The first-order chi connectivity index (χ1) is 8.87. The lowest BCUT2D eigenvalue weighted by Crippen LogP contribution is -2.24. The summed E-state index contributed by atoms with van der Waals surface area (Å²) in [6.45, 7) is 5.33. The van der Waals surface area contributed by atoms with Crippen LogP contribution in [-0.4, -0.2) is 11.6 Å². The van der Waals surface area contributed by atoms with E-state index in [1.54, 1.807) is 57.2 Å². The zero-order valence-corrected chi connectivity index (χ0v) is 11.1. The van der Waals surface area contributed by atoms with E-state index in [1.807, 2.05) is 0 Å². The van der Waals surface area contributed by atoms with Crippen LogP contribution in [0.4, 0.5) is 0 Å². The van der Waals surface area contributed by atoms with E-state index in [-0.39, 0.29) is 5.57 Å². The van der Waals surface area contributed by atoms with Crippen molar-refractivity contribution < 1.29 is 9.53 Å². The normalized spacial score (nSPS) is 9.95. The van der Waals surface area contributed by atoms with Crippen molar-refractivity contribution >= 4 is 12.0 Å². The van der Waals surface area contributed by atoms with Gasteiger partial charge in [0.2, 0.25) is 0 Å². The van der Waals surface area contributed by atoms with Gasteiger partial charge in [-0.05, 0) is 38.5 Å². The Balaban J connectivity index is 3.18. The smallest absolute Gasteiger partial charge is 0.339 e. The Kier molecular flexibility index (Phi) is 4.45. The lowest BCUT2D eigenvalue weighted by molar-refractivity contribution is 0.00693. The predicted molar refractivity (Wildman–Crippen MR) is 70.8 cm³/mol. The molecule has 0 N–H and O–H groups in total. The molecule has 1 aromatic carbocycles. The van der Waals surface area contributed by atoms with Crippen molar-refractivity contribution in [3.05, 3.63) is 41.0 Å². The summed E-state index contributed by atoms with van der Waals surface area (Å²) in [6, 6.07) is 10.2. The van der Waals surface area contributed by atoms with Crippen LogP contribution in [0.5, 0.6) is 0 Å². The Labute approximate surface area is 112 Å². The van der Waals surface area contributed by atoms with Gasteiger partial charge in [-0.2, -0.15) is 10.5 Å². The van der Waals surface area contributed by atoms with Gasteiger partial charge in [0.05, 0.1) is 5.56 Å². The zero-order valence-electron chi connectivity index (χ0n) is 11.1. The highest BCUT2D eigenvalue weighted by atomic mass is 16.6. The molecule has 0 fully saturated rings. The number of nitrogens with zero attached hydrogens (tertiary/aromatic N) is 2. The molecule has 0 saturated heterocycles. The van der Waals surface area contributed by atoms with Gasteiger partial charge in [-0.1, -0.05) is 18.2 Å². The van der Waals surface area contributed by atoms with Crippen molar-refractivity contribution in [3.8, 4) is 12.1 Å². The van der Waals surface area contributed by atoms with Gasteiger partial charge in [0.1, 0.15) is 23.3 Å². The van der Waals surface area contributed by atoms with Crippen molar-refractivity contribution in [2.24, 2.45) is 0 Å². The van der Waals surface area contributed by atoms with Crippen LogP contribution in [0.25, 0.3) is 6.08 Å². The van der Waals surface area contributed by atoms with Gasteiger partial charge in [-0.3, -0.25) is 0 Å². The molecule has 0 bridgehead atoms. The highest BCUT2D eigenvalue weighted by Gasteiger charge is 2.19. The maximum atomic E-state index is 12.0. The van der Waals surface area contributed by atoms with Gasteiger partial charge in [0, 0.05) is 0 Å². The number of nitriles is 2. The van der Waals surface area contributed by atoms with Crippen molar-refractivity contribution in [2.75, 3.05) is 0 Å². The molecule has 1 rings (SSSR count). The van der Waals surface area contributed by atoms with Gasteiger partial charge < -0.3 is 4.74 Å². The quantitative estimate of drug-likeness (QED) is 0.600. The van der Waals surface area contributed by atoms with E-state index >= 15 is 0 Å². The Hall–Kier alpha value is -2.59. The number of rotatable bonds is 2. The molecule has 0 heterocycles. The van der Waals surface area contributed by atoms with E-state index in [0.29, 0.717) is 11.1 Å². The molecule has 0 saturated carbocycles. The fraction of sp³-hybridized carbons (Fsp3) is 0.267. The van der Waals surface area contributed by atoms with Crippen LogP contribution in [0, 0.1) is 22.7 Å². The van der Waals surface area contributed by atoms with Gasteiger partial charge in [-0.25, -0.2) is 4.79 Å². The summed E-state index contributed by atoms with van der Waals surface area (Å²) in [4.78, 5) is 12.0. The largest absolute Gasteiger partial charge is 0.456 e. The number of benzene rings is 1. The number of hydrogen-bond acceptors (Lipinski definition) is 4. The molecule has 4 heteroatoms. The first-order valence-corrected chi connectivity index (χ1v) is 5.71. The second-order valence-electron chi connectivity index (χ2n) is 4.87. The summed E-state index contributed by atoms with van der Waals surface area (Å²) >= 11 is 0. The van der Waals surface area contributed by atoms with E-state index < -0.39 is 11.6 Å². The van der Waals surface area contributed by atoms with E-state index in [4.69, 9.17) is 15.3 Å². The standard InChI is InChI=1S/C15H14N2O2/c1-15(2,3)19-14(18)13-7-5-4-6-12(13)8-11(9-16)10-17/h4-8H,1-3H3. The predicted octanol–water partition coefficient (Wildman–Crippen LogP) is 3.07. The molecule has 0 unspecified atom stereocenters. The Morgan fingerprint density at radius 1 is 1.21 bits per heavy atom. The second-order valence-corrected chi connectivity index (χ2v) is 4.87. The highest BCUT2D eigenvalue weighted by Crippen LogP contribution is 2.17. The maximum Gasteiger partial charge on any atom is 0.339 e. The summed E-state index contributed by atoms with van der Waals surface area (Å²) in [5.41, 5.74) is 0.174. The first-order valence-electron chi connectivity index (χ1n) is 5.71. The third-order valence-electron chi connectivity index (χ3n) is 2.12. The first kappa shape index (κ1) is 14.5. The Morgan fingerprint density at radius 3 is 2.32 bits per heavy atom. The van der Waals surface area contributed by atoms with Crippen LogP contribution < -0.4 is 0 Å². The number of esters is 1. The van der Waals surface area contributed by atoms with Crippen LogP contribution in [-0.2, 0) is 4.74 Å². The highest BCUT2D eigenvalue weighted by molar-refractivity contribution is 5.94. The molecule has 0 spiro atoms. The van der Waals surface area contributed by atoms with Crippen LogP contribution >= 0.6 is 0 Å². The zero-order chi connectivity index (χ0) is 14.5. The topological polar surface area (TPSA) is 73.9 Å². The molecule has 0 atom stereocenters. The Bertz CT molecular complexity index is 580. The minimum atomic E-state index is -0.596. The molecule has 0 aliphatic rings. The van der Waals surface area contributed by atoms with Crippen LogP contribution in [0.1, 0.15) is 36.7 Å². The van der Waals surface area contributed by atoms with Gasteiger partial charge in [0.15, 0.2) is 0 Å². The van der Waals surface area contributed by atoms with Crippen molar-refractivity contribution in [2.45, 2.75) is 26.4 Å². The molecule has 0 radical (unpaired) electrons. The third-order valence-corrected chi connectivity index (χ3v) is 2.12. The number of ether oxygens (including phenoxy) is 1. The molecule has 0 amide bonds. The SMILES string of the molecule is CC(C)(C)OC(=O)c1ccccc1C=C(C#N)C#N. The van der Waals surface area contributed by atoms with E-state index in [2.05, 4.69) is 0 Å². The molecule has 0 aliphatic heterocycles. The molecule has 4 nitrogen and oxygen atoms in total. The second kappa shape index (κ2) is 5.84. The summed E-state index contributed by atoms with van der Waals surface area (Å²) in [6.07, 6.45) is 1.37. The Morgan fingerprint density at radius 2 is 1.79 bits per heavy atom. The average molecular weight is 254 g/mol. The van der Waals surface area contributed by atoms with E-state index in [1.165, 1.54) is 6.08 Å². The van der Waals surface area contributed by atoms with Crippen molar-refractivity contribution in [1.82, 2.24) is 0 Å². The van der Waals surface area contributed by atoms with Gasteiger partial charge in [-0.15, -0.1) is 0 Å². The van der Waals surface area contributed by atoms with Crippen molar-refractivity contribution in [3.63, 3.8) is 0 Å². The van der Waals surface area contributed by atoms with Crippen LogP contribution in [0.3, 0.4) is 0 Å². The maximum absolute atomic E-state index is 12.0. The fourth-order valence-corrected chi connectivity index (χ4v) is 1.39. The molecular weight excluding hydrogens is 240 g/mol. The van der Waals surface area contributed by atoms with Gasteiger partial charge >= 0.3 is 5.97 Å². The monoisotopic (exact) mass is 254 g/mol. The average Bonchev–Trinajstić information content (AvgIpc) is 2.34. The number of allylic oxidation sites excluding steroid dienone is 1. The minimum absolute atomic E-state index is 0.0593. The summed E-state index contributed by atoms with van der Waals surface area (Å²) in [5, 5.41) is 17.5. The number of carbonyl (C=O) groups is 1. The number of carbonyl (C=O) groups excluding carboxylic acids is 1. The lowest BCUT2D eigenvalue weighted by Gasteiger charge is -2.20. The van der Waals surface area contributed by atoms with E-state index in [0.717, 1.165) is 0 Å². The molecule has 0 aliphatic carbocycles. The van der Waals surface area contributed by atoms with Gasteiger partial charge in [0.25, 0.3) is 0 Å².